The highest BCUT2D eigenvalue weighted by Crippen LogP contribution is 2.10. The fourth-order valence-corrected chi connectivity index (χ4v) is 1.45. The van der Waals surface area contributed by atoms with Gasteiger partial charge in [0, 0.05) is 18.2 Å². The third-order valence-electron chi connectivity index (χ3n) is 2.99. The van der Waals surface area contributed by atoms with Crippen LogP contribution in [-0.2, 0) is 0 Å². The maximum atomic E-state index is 13.7. The van der Waals surface area contributed by atoms with Gasteiger partial charge in [0.25, 0.3) is 5.91 Å². The predicted molar refractivity (Wildman–Crippen MR) is 77.8 cm³/mol. The van der Waals surface area contributed by atoms with Gasteiger partial charge in [-0.05, 0) is 39.2 Å². The van der Waals surface area contributed by atoms with Gasteiger partial charge >= 0.3 is 0 Å². The van der Waals surface area contributed by atoms with Gasteiger partial charge in [-0.25, -0.2) is 4.39 Å². The Kier molecular flexibility index (Phi) is 6.16. The molecule has 0 radical (unpaired) electrons. The van der Waals surface area contributed by atoms with E-state index in [1.807, 2.05) is 25.9 Å². The molecule has 3 N–H and O–H groups in total. The molecule has 0 aliphatic rings. The van der Waals surface area contributed by atoms with Crippen molar-refractivity contribution in [1.82, 2.24) is 10.2 Å². The van der Waals surface area contributed by atoms with Crippen molar-refractivity contribution >= 4 is 5.91 Å². The molecule has 0 bridgehead atoms. The third kappa shape index (κ3) is 4.65. The number of carbonyl (C=O) groups is 1. The van der Waals surface area contributed by atoms with Gasteiger partial charge in [-0.2, -0.15) is 0 Å². The molecule has 0 spiro atoms. The molecule has 108 valence electrons. The van der Waals surface area contributed by atoms with E-state index < -0.39 is 11.7 Å². The summed E-state index contributed by atoms with van der Waals surface area (Å²) in [4.78, 5) is 13.9. The van der Waals surface area contributed by atoms with Crippen LogP contribution in [0.2, 0.25) is 0 Å². The number of carbonyl (C=O) groups excluding carboxylic acids is 1. The molecule has 0 fully saturated rings. The van der Waals surface area contributed by atoms with E-state index >= 15 is 0 Å². The number of hydrogen-bond donors (Lipinski definition) is 2. The van der Waals surface area contributed by atoms with E-state index in [4.69, 9.17) is 5.73 Å². The summed E-state index contributed by atoms with van der Waals surface area (Å²) in [6.45, 7) is 2.64. The van der Waals surface area contributed by atoms with Gasteiger partial charge in [-0.3, -0.25) is 4.79 Å². The highest BCUT2D eigenvalue weighted by atomic mass is 19.1. The zero-order valence-electron chi connectivity index (χ0n) is 12.0. The van der Waals surface area contributed by atoms with Gasteiger partial charge in [-0.1, -0.05) is 11.8 Å². The molecule has 0 aliphatic carbocycles. The van der Waals surface area contributed by atoms with E-state index in [0.717, 1.165) is 0 Å². The number of nitrogens with two attached hydrogens (primary N) is 1. The van der Waals surface area contributed by atoms with E-state index in [2.05, 4.69) is 17.2 Å². The van der Waals surface area contributed by atoms with Gasteiger partial charge in [0.2, 0.25) is 0 Å². The van der Waals surface area contributed by atoms with Crippen molar-refractivity contribution in [2.75, 3.05) is 27.2 Å². The molecule has 0 saturated carbocycles. The monoisotopic (exact) mass is 277 g/mol. The number of nitrogens with one attached hydrogen (secondary N) is 1. The molecule has 20 heavy (non-hydrogen) atoms. The van der Waals surface area contributed by atoms with Gasteiger partial charge < -0.3 is 16.0 Å². The average Bonchev–Trinajstić information content (AvgIpc) is 2.43. The number of rotatable bonds is 4. The molecule has 0 heterocycles. The zero-order valence-corrected chi connectivity index (χ0v) is 12.0. The van der Waals surface area contributed by atoms with Gasteiger partial charge in [0.1, 0.15) is 5.82 Å². The molecule has 1 atom stereocenters. The largest absolute Gasteiger partial charge is 0.350 e. The Morgan fingerprint density at radius 3 is 2.80 bits per heavy atom. The summed E-state index contributed by atoms with van der Waals surface area (Å²) in [5.41, 5.74) is 5.85. The number of likely N-dealkylation sites (N-methyl/N-ethyl adjacent to an activating group) is 1. The Labute approximate surface area is 119 Å². The van der Waals surface area contributed by atoms with Crippen LogP contribution in [0, 0.1) is 17.7 Å². The van der Waals surface area contributed by atoms with Gasteiger partial charge in [0.15, 0.2) is 0 Å². The number of hydrogen-bond acceptors (Lipinski definition) is 3. The second-order valence-corrected chi connectivity index (χ2v) is 4.72. The quantitative estimate of drug-likeness (QED) is 0.801. The lowest BCUT2D eigenvalue weighted by molar-refractivity contribution is 0.0939. The molecule has 4 nitrogen and oxygen atoms in total. The maximum Gasteiger partial charge on any atom is 0.254 e. The Bertz CT molecular complexity index is 532. The number of amides is 1. The van der Waals surface area contributed by atoms with Crippen molar-refractivity contribution in [3.8, 4) is 11.8 Å². The molecular formula is C15H20FN3O. The summed E-state index contributed by atoms with van der Waals surface area (Å²) < 4.78 is 13.7. The molecule has 0 saturated heterocycles. The first-order valence-corrected chi connectivity index (χ1v) is 6.38. The second kappa shape index (κ2) is 7.63. The van der Waals surface area contributed by atoms with E-state index in [0.29, 0.717) is 12.1 Å². The zero-order chi connectivity index (χ0) is 15.1. The fourth-order valence-electron chi connectivity index (χ4n) is 1.45. The summed E-state index contributed by atoms with van der Waals surface area (Å²) >= 11 is 0. The summed E-state index contributed by atoms with van der Waals surface area (Å²) in [6, 6.07) is 4.37. The van der Waals surface area contributed by atoms with Crippen LogP contribution in [0.1, 0.15) is 22.8 Å². The number of benzene rings is 1. The highest BCUT2D eigenvalue weighted by molar-refractivity contribution is 5.94. The smallest absolute Gasteiger partial charge is 0.254 e. The molecule has 1 unspecified atom stereocenters. The molecular weight excluding hydrogens is 257 g/mol. The van der Waals surface area contributed by atoms with E-state index in [1.54, 1.807) is 0 Å². The molecule has 1 amide bonds. The normalized spacial score (nSPS) is 11.7. The first kappa shape index (κ1) is 16.2. The Balaban J connectivity index is 2.81. The summed E-state index contributed by atoms with van der Waals surface area (Å²) in [7, 11) is 3.83. The van der Waals surface area contributed by atoms with Crippen LogP contribution >= 0.6 is 0 Å². The van der Waals surface area contributed by atoms with Crippen LogP contribution in [-0.4, -0.2) is 44.0 Å². The Hall–Kier alpha value is -1.90. The summed E-state index contributed by atoms with van der Waals surface area (Å²) in [6.07, 6.45) is 0. The summed E-state index contributed by atoms with van der Waals surface area (Å²) in [5.74, 6) is 4.46. The molecule has 0 aliphatic heterocycles. The lowest BCUT2D eigenvalue weighted by Gasteiger charge is -2.20. The lowest BCUT2D eigenvalue weighted by Crippen LogP contribution is -2.38. The minimum atomic E-state index is -0.557. The molecule has 1 aromatic rings. The SMILES string of the molecule is CC(CNC(=O)c1cc(C#CCN)ccc1F)N(C)C. The second-order valence-electron chi connectivity index (χ2n) is 4.72. The van der Waals surface area contributed by atoms with Gasteiger partial charge in [0.05, 0.1) is 12.1 Å². The first-order valence-electron chi connectivity index (χ1n) is 6.38. The predicted octanol–water partition coefficient (Wildman–Crippen LogP) is 0.816. The lowest BCUT2D eigenvalue weighted by atomic mass is 10.1. The molecule has 0 aromatic heterocycles. The first-order chi connectivity index (χ1) is 9.45. The van der Waals surface area contributed by atoms with Crippen molar-refractivity contribution in [1.29, 1.82) is 0 Å². The topological polar surface area (TPSA) is 58.4 Å². The Morgan fingerprint density at radius 2 is 2.20 bits per heavy atom. The van der Waals surface area contributed by atoms with Crippen LogP contribution in [0.25, 0.3) is 0 Å². The minimum Gasteiger partial charge on any atom is -0.350 e. The maximum absolute atomic E-state index is 13.7. The van der Waals surface area contributed by atoms with E-state index in [-0.39, 0.29) is 18.2 Å². The van der Waals surface area contributed by atoms with E-state index in [9.17, 15) is 9.18 Å². The van der Waals surface area contributed by atoms with Crippen LogP contribution < -0.4 is 11.1 Å². The highest BCUT2D eigenvalue weighted by Gasteiger charge is 2.13. The standard InChI is InChI=1S/C15H20FN3O/c1-11(19(2)3)10-18-15(20)13-9-12(5-4-8-17)6-7-14(13)16/h6-7,9,11H,8,10,17H2,1-3H3,(H,18,20). The van der Waals surface area contributed by atoms with Crippen molar-refractivity contribution in [3.05, 3.63) is 35.1 Å². The van der Waals surface area contributed by atoms with Crippen molar-refractivity contribution in [2.24, 2.45) is 5.73 Å². The minimum absolute atomic E-state index is 0.000206. The molecule has 1 rings (SSSR count). The number of halogens is 1. The van der Waals surface area contributed by atoms with Crippen molar-refractivity contribution < 1.29 is 9.18 Å². The van der Waals surface area contributed by atoms with Crippen molar-refractivity contribution in [2.45, 2.75) is 13.0 Å². The number of nitrogens with zero attached hydrogens (tertiary/aromatic N) is 1. The van der Waals surface area contributed by atoms with Crippen LogP contribution in [0.3, 0.4) is 0 Å². The van der Waals surface area contributed by atoms with Crippen LogP contribution in [0.5, 0.6) is 0 Å². The molecule has 1 aromatic carbocycles. The third-order valence-corrected chi connectivity index (χ3v) is 2.99. The van der Waals surface area contributed by atoms with Crippen LogP contribution in [0.15, 0.2) is 18.2 Å². The van der Waals surface area contributed by atoms with Crippen molar-refractivity contribution in [3.63, 3.8) is 0 Å². The summed E-state index contributed by atoms with van der Waals surface area (Å²) in [5, 5.41) is 2.71. The Morgan fingerprint density at radius 1 is 1.50 bits per heavy atom. The van der Waals surface area contributed by atoms with Gasteiger partial charge in [-0.15, -0.1) is 0 Å². The van der Waals surface area contributed by atoms with E-state index in [1.165, 1.54) is 18.2 Å². The molecule has 5 heteroatoms. The fraction of sp³-hybridized carbons (Fsp3) is 0.400. The average molecular weight is 277 g/mol. The van der Waals surface area contributed by atoms with Crippen LogP contribution in [0.4, 0.5) is 4.39 Å².